The highest BCUT2D eigenvalue weighted by Gasteiger charge is 2.05. The second-order valence-corrected chi connectivity index (χ2v) is 6.80. The summed E-state index contributed by atoms with van der Waals surface area (Å²) < 4.78 is 14.3. The van der Waals surface area contributed by atoms with Crippen LogP contribution in [-0.4, -0.2) is 0 Å². The molecule has 0 heterocycles. The number of hydrogen-bond donors (Lipinski definition) is 0. The minimum atomic E-state index is -0.173. The Morgan fingerprint density at radius 3 is 2.00 bits per heavy atom. The first kappa shape index (κ1) is 19.6. The lowest BCUT2D eigenvalue weighted by atomic mass is 10.0. The molecule has 0 aliphatic rings. The molecular weight excluding hydrogens is 343 g/mol. The summed E-state index contributed by atoms with van der Waals surface area (Å²) in [6.45, 7) is 4.07. The molecule has 140 valence electrons. The molecule has 3 aromatic carbocycles. The summed E-state index contributed by atoms with van der Waals surface area (Å²) in [5, 5.41) is 0. The summed E-state index contributed by atoms with van der Waals surface area (Å²) in [5.74, 6) is 6.22. The van der Waals surface area contributed by atoms with Gasteiger partial charge in [0.15, 0.2) is 0 Å². The molecule has 0 radical (unpaired) electrons. The van der Waals surface area contributed by atoms with Gasteiger partial charge in [0.05, 0.1) is 0 Å². The highest BCUT2D eigenvalue weighted by Crippen LogP contribution is 2.24. The summed E-state index contributed by atoms with van der Waals surface area (Å²) >= 11 is 0. The van der Waals surface area contributed by atoms with Crippen molar-refractivity contribution in [1.29, 1.82) is 0 Å². The van der Waals surface area contributed by atoms with Gasteiger partial charge in [-0.25, -0.2) is 4.39 Å². The first-order valence-corrected chi connectivity index (χ1v) is 9.80. The molecule has 0 saturated heterocycles. The van der Waals surface area contributed by atoms with E-state index in [4.69, 9.17) is 0 Å². The van der Waals surface area contributed by atoms with Gasteiger partial charge in [-0.2, -0.15) is 0 Å². The number of hydrogen-bond acceptors (Lipinski definition) is 0. The molecule has 0 aliphatic heterocycles. The molecule has 1 heteroatoms. The van der Waals surface area contributed by atoms with E-state index in [1.165, 1.54) is 5.56 Å². The molecule has 0 spiro atoms. The highest BCUT2D eigenvalue weighted by molar-refractivity contribution is 5.65. The molecule has 0 amide bonds. The molecule has 0 saturated carbocycles. The molecule has 0 unspecified atom stereocenters. The van der Waals surface area contributed by atoms with Gasteiger partial charge in [0, 0.05) is 16.7 Å². The van der Waals surface area contributed by atoms with Gasteiger partial charge in [0.1, 0.15) is 5.82 Å². The van der Waals surface area contributed by atoms with Crippen molar-refractivity contribution in [2.24, 2.45) is 0 Å². The van der Waals surface area contributed by atoms with Crippen LogP contribution in [0.25, 0.3) is 11.1 Å². The van der Waals surface area contributed by atoms with Crippen LogP contribution in [0.2, 0.25) is 0 Å². The van der Waals surface area contributed by atoms with E-state index in [1.54, 1.807) is 6.07 Å². The van der Waals surface area contributed by atoms with E-state index in [-0.39, 0.29) is 5.82 Å². The number of rotatable bonds is 5. The smallest absolute Gasteiger partial charge is 0.131 e. The van der Waals surface area contributed by atoms with Crippen LogP contribution in [0.15, 0.2) is 78.9 Å². The van der Waals surface area contributed by atoms with Crippen LogP contribution in [0.3, 0.4) is 0 Å². The maximum Gasteiger partial charge on any atom is 0.131 e. The number of allylic oxidation sites excluding steroid dienone is 2. The molecule has 0 atom stereocenters. The lowest BCUT2D eigenvalue weighted by Crippen LogP contribution is -1.88. The minimum Gasteiger partial charge on any atom is -0.206 e. The lowest BCUT2D eigenvalue weighted by molar-refractivity contribution is 0.629. The van der Waals surface area contributed by atoms with Gasteiger partial charge >= 0.3 is 0 Å². The van der Waals surface area contributed by atoms with Crippen LogP contribution in [0, 0.1) is 17.7 Å². The second kappa shape index (κ2) is 9.72. The average Bonchev–Trinajstić information content (AvgIpc) is 2.74. The summed E-state index contributed by atoms with van der Waals surface area (Å²) in [5.41, 5.74) is 5.76. The Kier molecular flexibility index (Phi) is 6.82. The van der Waals surface area contributed by atoms with Crippen LogP contribution < -0.4 is 0 Å². The zero-order chi connectivity index (χ0) is 19.8. The molecule has 0 aliphatic carbocycles. The predicted molar refractivity (Wildman–Crippen MR) is 117 cm³/mol. The summed E-state index contributed by atoms with van der Waals surface area (Å²) in [6.07, 6.45) is 7.22. The van der Waals surface area contributed by atoms with Crippen molar-refractivity contribution < 1.29 is 4.39 Å². The maximum atomic E-state index is 14.3. The number of benzene rings is 3. The fraction of sp³-hybridized carbons (Fsp3) is 0.185. The highest BCUT2D eigenvalue weighted by atomic mass is 19.1. The largest absolute Gasteiger partial charge is 0.206 e. The van der Waals surface area contributed by atoms with Gasteiger partial charge in [0.2, 0.25) is 0 Å². The normalized spacial score (nSPS) is 10.7. The van der Waals surface area contributed by atoms with Crippen molar-refractivity contribution in [1.82, 2.24) is 0 Å². The van der Waals surface area contributed by atoms with Crippen molar-refractivity contribution in [3.63, 3.8) is 0 Å². The Bertz CT molecular complexity index is 997. The molecule has 0 nitrogen and oxygen atoms in total. The van der Waals surface area contributed by atoms with Crippen LogP contribution in [0.5, 0.6) is 0 Å². The minimum absolute atomic E-state index is 0.173. The number of halogens is 1. The first-order valence-electron chi connectivity index (χ1n) is 9.80. The average molecular weight is 368 g/mol. The molecule has 0 aromatic heterocycles. The van der Waals surface area contributed by atoms with Crippen molar-refractivity contribution in [3.05, 3.63) is 107 Å². The van der Waals surface area contributed by atoms with Gasteiger partial charge in [-0.3, -0.25) is 0 Å². The molecule has 28 heavy (non-hydrogen) atoms. The van der Waals surface area contributed by atoms with E-state index in [0.29, 0.717) is 5.56 Å². The monoisotopic (exact) mass is 368 g/mol. The first-order chi connectivity index (χ1) is 13.7. The predicted octanol–water partition coefficient (Wildman–Crippen LogP) is 6.96. The van der Waals surface area contributed by atoms with Crippen LogP contribution in [0.4, 0.5) is 4.39 Å². The van der Waals surface area contributed by atoms with Crippen molar-refractivity contribution in [3.8, 4) is 23.0 Å². The van der Waals surface area contributed by atoms with Gasteiger partial charge in [-0.05, 0) is 73.2 Å². The Morgan fingerprint density at radius 1 is 0.821 bits per heavy atom. The topological polar surface area (TPSA) is 0 Å². The molecule has 0 bridgehead atoms. The quantitative estimate of drug-likeness (QED) is 0.337. The van der Waals surface area contributed by atoms with Crippen LogP contribution in [0.1, 0.15) is 42.5 Å². The van der Waals surface area contributed by atoms with Crippen LogP contribution >= 0.6 is 0 Å². The van der Waals surface area contributed by atoms with E-state index in [9.17, 15) is 4.39 Å². The summed E-state index contributed by atoms with van der Waals surface area (Å²) in [6, 6.07) is 21.6. The van der Waals surface area contributed by atoms with Crippen molar-refractivity contribution in [2.45, 2.75) is 33.1 Å². The van der Waals surface area contributed by atoms with E-state index in [0.717, 1.165) is 41.5 Å². The zero-order valence-corrected chi connectivity index (χ0v) is 16.5. The Morgan fingerprint density at radius 2 is 1.43 bits per heavy atom. The SMILES string of the molecule is C/C=C/CCc1ccc(C#Cc2ccc(-c3ccc(CC)cc3F)cc2)cc1. The third-order valence-electron chi connectivity index (χ3n) is 4.78. The molecule has 3 aromatic rings. The van der Waals surface area contributed by atoms with Gasteiger partial charge in [0.25, 0.3) is 0 Å². The number of aryl methyl sites for hydroxylation is 2. The van der Waals surface area contributed by atoms with Gasteiger partial charge < -0.3 is 0 Å². The third-order valence-corrected chi connectivity index (χ3v) is 4.78. The van der Waals surface area contributed by atoms with Crippen molar-refractivity contribution >= 4 is 0 Å². The van der Waals surface area contributed by atoms with Crippen molar-refractivity contribution in [2.75, 3.05) is 0 Å². The van der Waals surface area contributed by atoms with E-state index in [2.05, 4.69) is 48.3 Å². The standard InChI is InChI=1S/C27H25F/c1-3-5-6-7-22-8-10-23(11-9-22)12-13-24-14-17-25(18-15-24)26-19-16-21(4-2)20-27(26)28/h3,5,8-11,14-20H,4,6-7H2,1-2H3/b5-3+. The lowest BCUT2D eigenvalue weighted by Gasteiger charge is -2.05. The van der Waals surface area contributed by atoms with Gasteiger partial charge in [-0.1, -0.05) is 67.3 Å². The van der Waals surface area contributed by atoms with E-state index >= 15 is 0 Å². The van der Waals surface area contributed by atoms with E-state index in [1.807, 2.05) is 50.2 Å². The van der Waals surface area contributed by atoms with E-state index < -0.39 is 0 Å². The van der Waals surface area contributed by atoms with Crippen LogP contribution in [-0.2, 0) is 12.8 Å². The molecule has 0 fully saturated rings. The Labute approximate surface area is 167 Å². The summed E-state index contributed by atoms with van der Waals surface area (Å²) in [7, 11) is 0. The second-order valence-electron chi connectivity index (χ2n) is 6.80. The molecule has 3 rings (SSSR count). The Hall–Kier alpha value is -3.11. The zero-order valence-electron chi connectivity index (χ0n) is 16.5. The molecular formula is C27H25F. The molecule has 0 N–H and O–H groups in total. The maximum absolute atomic E-state index is 14.3. The summed E-state index contributed by atoms with van der Waals surface area (Å²) in [4.78, 5) is 0. The Balaban J connectivity index is 1.70. The fourth-order valence-corrected chi connectivity index (χ4v) is 3.06. The van der Waals surface area contributed by atoms with Gasteiger partial charge in [-0.15, -0.1) is 0 Å². The third kappa shape index (κ3) is 5.21. The fourth-order valence-electron chi connectivity index (χ4n) is 3.06.